The zero-order valence-electron chi connectivity index (χ0n) is 12.8. The number of fused-ring (bicyclic) bond motifs is 1. The molecule has 0 radical (unpaired) electrons. The van der Waals surface area contributed by atoms with E-state index in [1.807, 2.05) is 36.4 Å². The first-order valence-electron chi connectivity index (χ1n) is 7.40. The molecule has 0 fully saturated rings. The van der Waals surface area contributed by atoms with E-state index in [4.69, 9.17) is 5.73 Å². The third-order valence-corrected chi connectivity index (χ3v) is 3.75. The van der Waals surface area contributed by atoms with E-state index in [-0.39, 0.29) is 12.4 Å². The lowest BCUT2D eigenvalue weighted by molar-refractivity contribution is 0.884. The molecular weight excluding hydrogens is 322 g/mol. The molecule has 0 aliphatic heterocycles. The number of nitrogen functional groups attached to an aromatic ring is 1. The Bertz CT molecular complexity index is 948. The zero-order valence-corrected chi connectivity index (χ0v) is 13.6. The molecule has 2 N–H and O–H groups in total. The molecule has 5 nitrogen and oxygen atoms in total. The maximum absolute atomic E-state index is 5.69. The molecule has 0 amide bonds. The van der Waals surface area contributed by atoms with Crippen LogP contribution in [0.1, 0.15) is 11.3 Å². The van der Waals surface area contributed by atoms with Gasteiger partial charge in [0.25, 0.3) is 0 Å². The summed E-state index contributed by atoms with van der Waals surface area (Å²) in [7, 11) is 0. The van der Waals surface area contributed by atoms with E-state index in [1.165, 1.54) is 5.56 Å². The summed E-state index contributed by atoms with van der Waals surface area (Å²) in [5.74, 6) is 0.294. The van der Waals surface area contributed by atoms with E-state index in [0.717, 1.165) is 29.0 Å². The fraction of sp³-hybridized carbons (Fsp3) is 0.0556. The molecule has 4 rings (SSSR count). The van der Waals surface area contributed by atoms with Gasteiger partial charge in [-0.15, -0.1) is 17.5 Å². The molecular formula is C18H16ClN5. The molecule has 0 aliphatic carbocycles. The highest BCUT2D eigenvalue weighted by Gasteiger charge is 2.06. The Balaban J connectivity index is 0.00000169. The lowest BCUT2D eigenvalue weighted by Gasteiger charge is -2.06. The first-order valence-corrected chi connectivity index (χ1v) is 7.40. The van der Waals surface area contributed by atoms with Gasteiger partial charge in [-0.25, -0.2) is 4.52 Å². The van der Waals surface area contributed by atoms with Crippen LogP contribution in [0.15, 0.2) is 66.9 Å². The number of pyridine rings is 2. The first-order chi connectivity index (χ1) is 11.3. The van der Waals surface area contributed by atoms with Crippen molar-refractivity contribution >= 4 is 24.0 Å². The second-order valence-electron chi connectivity index (χ2n) is 5.35. The molecule has 0 saturated heterocycles. The number of aromatic nitrogens is 4. The topological polar surface area (TPSA) is 69.1 Å². The van der Waals surface area contributed by atoms with Crippen molar-refractivity contribution in [1.29, 1.82) is 0 Å². The molecule has 0 atom stereocenters. The average Bonchev–Trinajstić information content (AvgIpc) is 2.98. The Morgan fingerprint density at radius 1 is 0.917 bits per heavy atom. The van der Waals surface area contributed by atoms with E-state index in [0.29, 0.717) is 5.95 Å². The van der Waals surface area contributed by atoms with Gasteiger partial charge in [-0.1, -0.05) is 36.4 Å². The summed E-state index contributed by atoms with van der Waals surface area (Å²) in [6, 6.07) is 20.2. The molecule has 0 spiro atoms. The SMILES string of the molecule is Cl.Nc1nc2cccc(Cc3ccc(-c4ccccn4)cc3)n2n1. The van der Waals surface area contributed by atoms with Gasteiger partial charge < -0.3 is 5.73 Å². The van der Waals surface area contributed by atoms with Crippen LogP contribution in [-0.2, 0) is 6.42 Å². The number of hydrogen-bond donors (Lipinski definition) is 1. The minimum Gasteiger partial charge on any atom is -0.366 e. The first kappa shape index (κ1) is 16.0. The molecule has 0 unspecified atom stereocenters. The smallest absolute Gasteiger partial charge is 0.240 e. The van der Waals surface area contributed by atoms with Gasteiger partial charge >= 0.3 is 0 Å². The lowest BCUT2D eigenvalue weighted by atomic mass is 10.0. The van der Waals surface area contributed by atoms with Gasteiger partial charge in [-0.3, -0.25) is 4.98 Å². The lowest BCUT2D eigenvalue weighted by Crippen LogP contribution is -2.00. The number of anilines is 1. The Morgan fingerprint density at radius 3 is 2.50 bits per heavy atom. The highest BCUT2D eigenvalue weighted by molar-refractivity contribution is 5.85. The molecule has 4 aromatic rings. The number of nitrogens with two attached hydrogens (primary N) is 1. The van der Waals surface area contributed by atoms with Gasteiger partial charge in [-0.05, 0) is 29.8 Å². The van der Waals surface area contributed by atoms with E-state index in [1.54, 1.807) is 10.7 Å². The van der Waals surface area contributed by atoms with Gasteiger partial charge in [0, 0.05) is 23.9 Å². The molecule has 0 bridgehead atoms. The number of halogens is 1. The highest BCUT2D eigenvalue weighted by atomic mass is 35.5. The van der Waals surface area contributed by atoms with Gasteiger partial charge in [0.1, 0.15) is 0 Å². The molecule has 6 heteroatoms. The van der Waals surface area contributed by atoms with Crippen molar-refractivity contribution in [3.05, 3.63) is 78.1 Å². The van der Waals surface area contributed by atoms with E-state index in [2.05, 4.69) is 39.3 Å². The van der Waals surface area contributed by atoms with Crippen LogP contribution < -0.4 is 5.73 Å². The molecule has 0 saturated carbocycles. The molecule has 120 valence electrons. The van der Waals surface area contributed by atoms with Crippen molar-refractivity contribution in [2.75, 3.05) is 5.73 Å². The monoisotopic (exact) mass is 337 g/mol. The summed E-state index contributed by atoms with van der Waals surface area (Å²) in [4.78, 5) is 8.56. The van der Waals surface area contributed by atoms with E-state index in [9.17, 15) is 0 Å². The maximum Gasteiger partial charge on any atom is 0.240 e. The van der Waals surface area contributed by atoms with Crippen LogP contribution in [0.2, 0.25) is 0 Å². The van der Waals surface area contributed by atoms with Gasteiger partial charge in [0.05, 0.1) is 5.69 Å². The van der Waals surface area contributed by atoms with Crippen molar-refractivity contribution in [1.82, 2.24) is 19.6 Å². The van der Waals surface area contributed by atoms with Crippen molar-refractivity contribution in [2.45, 2.75) is 6.42 Å². The maximum atomic E-state index is 5.69. The predicted octanol–water partition coefficient (Wildman–Crippen LogP) is 3.39. The average molecular weight is 338 g/mol. The minimum atomic E-state index is 0. The summed E-state index contributed by atoms with van der Waals surface area (Å²) in [5, 5.41) is 4.25. The molecule has 24 heavy (non-hydrogen) atoms. The third-order valence-electron chi connectivity index (χ3n) is 3.75. The summed E-state index contributed by atoms with van der Waals surface area (Å²) < 4.78 is 1.79. The van der Waals surface area contributed by atoms with Crippen molar-refractivity contribution in [2.24, 2.45) is 0 Å². The van der Waals surface area contributed by atoms with Gasteiger partial charge in [0.15, 0.2) is 5.65 Å². The van der Waals surface area contributed by atoms with Gasteiger partial charge in [-0.2, -0.15) is 4.98 Å². The van der Waals surface area contributed by atoms with Crippen LogP contribution in [0.3, 0.4) is 0 Å². The molecule has 3 heterocycles. The summed E-state index contributed by atoms with van der Waals surface area (Å²) in [6.07, 6.45) is 2.57. The summed E-state index contributed by atoms with van der Waals surface area (Å²) in [5.41, 5.74) is 10.8. The Kier molecular flexibility index (Phi) is 4.44. The number of nitrogens with zero attached hydrogens (tertiary/aromatic N) is 4. The Morgan fingerprint density at radius 2 is 1.75 bits per heavy atom. The summed E-state index contributed by atoms with van der Waals surface area (Å²) in [6.45, 7) is 0. The van der Waals surface area contributed by atoms with Crippen LogP contribution in [0.5, 0.6) is 0 Å². The van der Waals surface area contributed by atoms with Gasteiger partial charge in [0.2, 0.25) is 5.95 Å². The van der Waals surface area contributed by atoms with Crippen LogP contribution in [0, 0.1) is 0 Å². The predicted molar refractivity (Wildman–Crippen MR) is 97.1 cm³/mol. The van der Waals surface area contributed by atoms with Crippen LogP contribution in [0.4, 0.5) is 5.95 Å². The Hall–Kier alpha value is -2.92. The fourth-order valence-corrected chi connectivity index (χ4v) is 2.65. The Labute approximate surface area is 145 Å². The van der Waals surface area contributed by atoms with Crippen molar-refractivity contribution in [3.63, 3.8) is 0 Å². The highest BCUT2D eigenvalue weighted by Crippen LogP contribution is 2.19. The largest absolute Gasteiger partial charge is 0.366 e. The summed E-state index contributed by atoms with van der Waals surface area (Å²) >= 11 is 0. The number of benzene rings is 1. The standard InChI is InChI=1S/C18H15N5.ClH/c19-18-21-17-6-3-4-15(23(17)22-18)12-13-7-9-14(10-8-13)16-5-1-2-11-20-16;/h1-11H,12H2,(H2,19,22);1H. The van der Waals surface area contributed by atoms with Crippen molar-refractivity contribution < 1.29 is 0 Å². The van der Waals surface area contributed by atoms with Crippen molar-refractivity contribution in [3.8, 4) is 11.3 Å². The third kappa shape index (κ3) is 3.07. The molecule has 3 aromatic heterocycles. The second-order valence-corrected chi connectivity index (χ2v) is 5.35. The number of rotatable bonds is 3. The van der Waals surface area contributed by atoms with Crippen LogP contribution in [-0.4, -0.2) is 19.6 Å². The van der Waals surface area contributed by atoms with E-state index < -0.39 is 0 Å². The molecule has 1 aromatic carbocycles. The van der Waals surface area contributed by atoms with E-state index >= 15 is 0 Å². The molecule has 0 aliphatic rings. The zero-order chi connectivity index (χ0) is 15.6. The number of hydrogen-bond acceptors (Lipinski definition) is 4. The quantitative estimate of drug-likeness (QED) is 0.622. The second kappa shape index (κ2) is 6.68. The normalized spacial score (nSPS) is 10.5. The fourth-order valence-electron chi connectivity index (χ4n) is 2.65. The minimum absolute atomic E-state index is 0. The van der Waals surface area contributed by atoms with Crippen LogP contribution >= 0.6 is 12.4 Å². The van der Waals surface area contributed by atoms with Crippen LogP contribution in [0.25, 0.3) is 16.9 Å².